The van der Waals surface area contributed by atoms with E-state index in [1.54, 1.807) is 0 Å². The smallest absolute Gasteiger partial charge is 0.313 e. The van der Waals surface area contributed by atoms with Crippen molar-refractivity contribution in [1.82, 2.24) is 0 Å². The van der Waals surface area contributed by atoms with E-state index in [1.165, 1.54) is 18.3 Å². The van der Waals surface area contributed by atoms with E-state index in [0.717, 1.165) is 12.8 Å². The lowest BCUT2D eigenvalue weighted by Gasteiger charge is -2.27. The average Bonchev–Trinajstić information content (AvgIpc) is 2.74. The van der Waals surface area contributed by atoms with E-state index in [4.69, 9.17) is 9.47 Å². The second kappa shape index (κ2) is 5.66. The van der Waals surface area contributed by atoms with E-state index in [-0.39, 0.29) is 18.4 Å². The van der Waals surface area contributed by atoms with Gasteiger partial charge in [-0.25, -0.2) is 0 Å². The molecule has 0 amide bonds. The normalized spacial score (nSPS) is 20.2. The third-order valence-electron chi connectivity index (χ3n) is 3.94. The lowest BCUT2D eigenvalue weighted by molar-refractivity contribution is -0.165. The molecule has 4 nitrogen and oxygen atoms in total. The zero-order valence-electron chi connectivity index (χ0n) is 13.3. The van der Waals surface area contributed by atoms with Crippen molar-refractivity contribution in [2.24, 2.45) is 5.41 Å². The predicted octanol–water partition coefficient (Wildman–Crippen LogP) is 3.32. The van der Waals surface area contributed by atoms with Gasteiger partial charge in [0.25, 0.3) is 0 Å². The standard InChI is InChI=1S/C17H24O4/c1-16(2,3)21-14(18)11-17(15(19)20-4)9-12-7-5-6-8-13(12)10-17/h7-8H,5-6,9-11H2,1-4H3. The first-order valence-electron chi connectivity index (χ1n) is 7.44. The van der Waals surface area contributed by atoms with E-state index in [0.29, 0.717) is 12.8 Å². The van der Waals surface area contributed by atoms with Gasteiger partial charge in [0.1, 0.15) is 5.60 Å². The molecule has 0 radical (unpaired) electrons. The number of hydrogen-bond acceptors (Lipinski definition) is 4. The minimum absolute atomic E-state index is 0.0750. The second-order valence-electron chi connectivity index (χ2n) is 6.92. The quantitative estimate of drug-likeness (QED) is 0.749. The van der Waals surface area contributed by atoms with Crippen LogP contribution in [0.2, 0.25) is 0 Å². The SMILES string of the molecule is COC(=O)C1(CC(=O)OC(C)(C)C)CC2=CCCC=C2C1. The summed E-state index contributed by atoms with van der Waals surface area (Å²) in [7, 11) is 1.38. The predicted molar refractivity (Wildman–Crippen MR) is 79.5 cm³/mol. The van der Waals surface area contributed by atoms with E-state index in [1.807, 2.05) is 20.8 Å². The molecule has 0 aromatic carbocycles. The molecule has 0 atom stereocenters. The number of allylic oxidation sites excluding steroid dienone is 4. The molecule has 2 rings (SSSR count). The van der Waals surface area contributed by atoms with Crippen molar-refractivity contribution in [3.8, 4) is 0 Å². The Balaban J connectivity index is 2.20. The number of methoxy groups -OCH3 is 1. The maximum Gasteiger partial charge on any atom is 0.313 e. The number of ether oxygens (including phenoxy) is 2. The molecule has 4 heteroatoms. The molecular formula is C17H24O4. The van der Waals surface area contributed by atoms with Crippen molar-refractivity contribution in [2.75, 3.05) is 7.11 Å². The summed E-state index contributed by atoms with van der Waals surface area (Å²) in [5.74, 6) is -0.655. The van der Waals surface area contributed by atoms with Crippen molar-refractivity contribution >= 4 is 11.9 Å². The van der Waals surface area contributed by atoms with Gasteiger partial charge in [0, 0.05) is 0 Å². The maximum atomic E-state index is 12.3. The number of hydrogen-bond donors (Lipinski definition) is 0. The van der Waals surface area contributed by atoms with Gasteiger partial charge in [-0.05, 0) is 57.6 Å². The van der Waals surface area contributed by atoms with Crippen LogP contribution in [-0.4, -0.2) is 24.6 Å². The molecule has 0 bridgehead atoms. The van der Waals surface area contributed by atoms with Crippen LogP contribution in [0, 0.1) is 5.41 Å². The van der Waals surface area contributed by atoms with Gasteiger partial charge in [0.05, 0.1) is 18.9 Å². The Hall–Kier alpha value is -1.58. The van der Waals surface area contributed by atoms with Crippen molar-refractivity contribution < 1.29 is 19.1 Å². The van der Waals surface area contributed by atoms with E-state index >= 15 is 0 Å². The molecule has 1 saturated carbocycles. The Kier molecular flexibility index (Phi) is 4.26. The molecule has 0 saturated heterocycles. The van der Waals surface area contributed by atoms with Crippen LogP contribution in [-0.2, 0) is 19.1 Å². The summed E-state index contributed by atoms with van der Waals surface area (Å²) in [5.41, 5.74) is 1.04. The van der Waals surface area contributed by atoms with Gasteiger partial charge in [-0.15, -0.1) is 0 Å². The van der Waals surface area contributed by atoms with E-state index < -0.39 is 11.0 Å². The minimum Gasteiger partial charge on any atom is -0.469 e. The monoisotopic (exact) mass is 292 g/mol. The molecule has 0 N–H and O–H groups in total. The zero-order valence-corrected chi connectivity index (χ0v) is 13.3. The molecule has 116 valence electrons. The molecule has 0 aromatic heterocycles. The summed E-state index contributed by atoms with van der Waals surface area (Å²) < 4.78 is 10.4. The van der Waals surface area contributed by atoms with Gasteiger partial charge in [0.2, 0.25) is 0 Å². The molecule has 0 aromatic rings. The summed E-state index contributed by atoms with van der Waals surface area (Å²) in [6.45, 7) is 5.49. The number of carbonyl (C=O) groups excluding carboxylic acids is 2. The largest absolute Gasteiger partial charge is 0.469 e. The fraction of sp³-hybridized carbons (Fsp3) is 0.647. The highest BCUT2D eigenvalue weighted by Crippen LogP contribution is 2.50. The fourth-order valence-electron chi connectivity index (χ4n) is 3.15. The van der Waals surface area contributed by atoms with Crippen LogP contribution >= 0.6 is 0 Å². The van der Waals surface area contributed by atoms with Crippen molar-refractivity contribution in [3.05, 3.63) is 23.3 Å². The van der Waals surface area contributed by atoms with Crippen LogP contribution in [0.15, 0.2) is 23.3 Å². The van der Waals surface area contributed by atoms with Crippen LogP contribution in [0.25, 0.3) is 0 Å². The molecule has 0 aliphatic heterocycles. The lowest BCUT2D eigenvalue weighted by atomic mass is 9.82. The van der Waals surface area contributed by atoms with Crippen LogP contribution in [0.1, 0.15) is 52.9 Å². The highest BCUT2D eigenvalue weighted by Gasteiger charge is 2.48. The molecule has 0 spiro atoms. The summed E-state index contributed by atoms with van der Waals surface area (Å²) in [4.78, 5) is 24.5. The maximum absolute atomic E-state index is 12.3. The van der Waals surface area contributed by atoms with Crippen LogP contribution in [0.4, 0.5) is 0 Å². The Morgan fingerprint density at radius 3 is 2.10 bits per heavy atom. The summed E-state index contributed by atoms with van der Waals surface area (Å²) >= 11 is 0. The average molecular weight is 292 g/mol. The van der Waals surface area contributed by atoms with Crippen molar-refractivity contribution in [3.63, 3.8) is 0 Å². The number of rotatable bonds is 3. The Labute approximate surface area is 126 Å². The summed E-state index contributed by atoms with van der Waals surface area (Å²) in [6.07, 6.45) is 7.58. The van der Waals surface area contributed by atoms with Gasteiger partial charge >= 0.3 is 11.9 Å². The topological polar surface area (TPSA) is 52.6 Å². The molecular weight excluding hydrogens is 268 g/mol. The fourth-order valence-corrected chi connectivity index (χ4v) is 3.15. The van der Waals surface area contributed by atoms with Gasteiger partial charge < -0.3 is 9.47 Å². The third-order valence-corrected chi connectivity index (χ3v) is 3.94. The minimum atomic E-state index is -0.793. The lowest BCUT2D eigenvalue weighted by Crippen LogP contribution is -2.35. The highest BCUT2D eigenvalue weighted by molar-refractivity contribution is 5.85. The van der Waals surface area contributed by atoms with Crippen LogP contribution < -0.4 is 0 Å². The van der Waals surface area contributed by atoms with Crippen LogP contribution in [0.3, 0.4) is 0 Å². The number of esters is 2. The number of fused-ring (bicyclic) bond motifs is 1. The zero-order chi connectivity index (χ0) is 15.7. The first-order valence-corrected chi connectivity index (χ1v) is 7.44. The first-order chi connectivity index (χ1) is 9.76. The Morgan fingerprint density at radius 2 is 1.67 bits per heavy atom. The highest BCUT2D eigenvalue weighted by atomic mass is 16.6. The van der Waals surface area contributed by atoms with Crippen LogP contribution in [0.5, 0.6) is 0 Å². The van der Waals surface area contributed by atoms with Gasteiger partial charge in [-0.3, -0.25) is 9.59 Å². The van der Waals surface area contributed by atoms with E-state index in [2.05, 4.69) is 12.2 Å². The Morgan fingerprint density at radius 1 is 1.14 bits per heavy atom. The molecule has 0 heterocycles. The summed E-state index contributed by atoms with van der Waals surface area (Å²) in [5, 5.41) is 0. The van der Waals surface area contributed by atoms with Crippen molar-refractivity contribution in [1.29, 1.82) is 0 Å². The van der Waals surface area contributed by atoms with Crippen molar-refractivity contribution in [2.45, 2.75) is 58.5 Å². The van der Waals surface area contributed by atoms with E-state index in [9.17, 15) is 9.59 Å². The van der Waals surface area contributed by atoms with Gasteiger partial charge in [-0.2, -0.15) is 0 Å². The summed E-state index contributed by atoms with van der Waals surface area (Å²) in [6, 6.07) is 0. The third kappa shape index (κ3) is 3.55. The van der Waals surface area contributed by atoms with Gasteiger partial charge in [-0.1, -0.05) is 12.2 Å². The molecule has 2 aliphatic rings. The molecule has 2 aliphatic carbocycles. The number of carbonyl (C=O) groups is 2. The molecule has 21 heavy (non-hydrogen) atoms. The van der Waals surface area contributed by atoms with Gasteiger partial charge in [0.15, 0.2) is 0 Å². The second-order valence-corrected chi connectivity index (χ2v) is 6.92. The Bertz CT molecular complexity index is 483. The molecule has 1 fully saturated rings. The molecule has 0 unspecified atom stereocenters. The first kappa shape index (κ1) is 15.8.